The number of nitrogens with zero attached hydrogens (tertiary/aromatic N) is 2. The molecule has 1 aromatic heterocycles. The molecular formula is C31H32N4O3. The normalized spacial score (nSPS) is 17.3. The van der Waals surface area contributed by atoms with Crippen LogP contribution in [0, 0.1) is 0 Å². The second kappa shape index (κ2) is 12.0. The molecule has 38 heavy (non-hydrogen) atoms. The van der Waals surface area contributed by atoms with E-state index in [1.54, 1.807) is 12.3 Å². The van der Waals surface area contributed by atoms with Gasteiger partial charge >= 0.3 is 0 Å². The summed E-state index contributed by atoms with van der Waals surface area (Å²) in [4.78, 5) is 33.5. The Morgan fingerprint density at radius 3 is 2.50 bits per heavy atom. The standard InChI is InChI=1S/C31H32N4O3/c36-19-18-32-24-15-16-25(20-34-30(37)28-14-6-10-23-11-7-17-33-29(23)28)35(21-24)31(38)27-13-5-4-12-26(27)22-8-2-1-3-9-22/h1-14,17,24-25,32,36H,15-16,18-21H2,(H,34,37)/t24?,25-/m0/s1. The summed E-state index contributed by atoms with van der Waals surface area (Å²) in [6.45, 7) is 1.36. The Bertz CT molecular complexity index is 1400. The summed E-state index contributed by atoms with van der Waals surface area (Å²) in [6.07, 6.45) is 3.27. The molecule has 3 aromatic carbocycles. The molecule has 0 spiro atoms. The zero-order valence-electron chi connectivity index (χ0n) is 21.2. The Balaban J connectivity index is 1.38. The zero-order valence-corrected chi connectivity index (χ0v) is 21.2. The molecule has 0 saturated carbocycles. The van der Waals surface area contributed by atoms with Crippen LogP contribution >= 0.6 is 0 Å². The van der Waals surface area contributed by atoms with Crippen molar-refractivity contribution >= 4 is 22.7 Å². The average molecular weight is 509 g/mol. The molecule has 4 aromatic rings. The number of para-hydroxylation sites is 1. The van der Waals surface area contributed by atoms with Gasteiger partial charge in [0.15, 0.2) is 0 Å². The molecule has 1 aliphatic rings. The SMILES string of the molecule is O=C(NC[C@@H]1CCC(NCCO)CN1C(=O)c1ccccc1-c1ccccc1)c1cccc2cccnc12. The minimum absolute atomic E-state index is 0.0415. The van der Waals surface area contributed by atoms with Crippen LogP contribution in [0.1, 0.15) is 33.6 Å². The highest BCUT2D eigenvalue weighted by atomic mass is 16.3. The van der Waals surface area contributed by atoms with Crippen molar-refractivity contribution in [3.05, 3.63) is 102 Å². The van der Waals surface area contributed by atoms with Crippen LogP contribution < -0.4 is 10.6 Å². The lowest BCUT2D eigenvalue weighted by molar-refractivity contribution is 0.0555. The third-order valence-electron chi connectivity index (χ3n) is 7.13. The molecule has 3 N–H and O–H groups in total. The monoisotopic (exact) mass is 508 g/mol. The first-order chi connectivity index (χ1) is 18.7. The number of amides is 2. The summed E-state index contributed by atoms with van der Waals surface area (Å²) in [5.74, 6) is -0.266. The van der Waals surface area contributed by atoms with Gasteiger partial charge in [0.2, 0.25) is 0 Å². The van der Waals surface area contributed by atoms with Crippen LogP contribution in [-0.4, -0.2) is 65.1 Å². The van der Waals surface area contributed by atoms with E-state index in [9.17, 15) is 14.7 Å². The lowest BCUT2D eigenvalue weighted by atomic mass is 9.94. The molecule has 2 amide bonds. The summed E-state index contributed by atoms with van der Waals surface area (Å²) in [7, 11) is 0. The second-order valence-corrected chi connectivity index (χ2v) is 9.57. The van der Waals surface area contributed by atoms with E-state index < -0.39 is 0 Å². The van der Waals surface area contributed by atoms with Crippen LogP contribution in [0.25, 0.3) is 22.0 Å². The first kappa shape index (κ1) is 25.6. The molecule has 2 heterocycles. The minimum Gasteiger partial charge on any atom is -0.395 e. The number of fused-ring (bicyclic) bond motifs is 1. The van der Waals surface area contributed by atoms with Crippen molar-refractivity contribution in [1.82, 2.24) is 20.5 Å². The van der Waals surface area contributed by atoms with Gasteiger partial charge in [-0.15, -0.1) is 0 Å². The number of nitrogens with one attached hydrogen (secondary N) is 2. The Morgan fingerprint density at radius 1 is 0.895 bits per heavy atom. The summed E-state index contributed by atoms with van der Waals surface area (Å²) in [5.41, 5.74) is 3.68. The van der Waals surface area contributed by atoms with Crippen molar-refractivity contribution in [2.75, 3.05) is 26.2 Å². The fraction of sp³-hybridized carbons (Fsp3) is 0.258. The number of hydrogen-bond acceptors (Lipinski definition) is 5. The molecule has 2 atom stereocenters. The number of piperidine rings is 1. The number of benzene rings is 3. The van der Waals surface area contributed by atoms with E-state index in [-0.39, 0.29) is 30.5 Å². The van der Waals surface area contributed by atoms with Crippen LogP contribution in [0.4, 0.5) is 0 Å². The number of rotatable bonds is 8. The largest absolute Gasteiger partial charge is 0.395 e. The lowest BCUT2D eigenvalue weighted by Crippen LogP contribution is -2.56. The highest BCUT2D eigenvalue weighted by molar-refractivity contribution is 6.05. The number of carbonyl (C=O) groups is 2. The van der Waals surface area contributed by atoms with E-state index >= 15 is 0 Å². The molecule has 0 radical (unpaired) electrons. The van der Waals surface area contributed by atoms with Gasteiger partial charge in [0.05, 0.1) is 17.7 Å². The molecule has 0 aliphatic carbocycles. The fourth-order valence-corrected chi connectivity index (χ4v) is 5.21. The van der Waals surface area contributed by atoms with Crippen LogP contribution in [0.15, 0.2) is 91.1 Å². The van der Waals surface area contributed by atoms with Gasteiger partial charge in [-0.05, 0) is 42.2 Å². The molecular weight excluding hydrogens is 476 g/mol. The summed E-state index contributed by atoms with van der Waals surface area (Å²) in [6, 6.07) is 26.8. The number of aliphatic hydroxyl groups is 1. The molecule has 0 bridgehead atoms. The molecule has 1 fully saturated rings. The van der Waals surface area contributed by atoms with Gasteiger partial charge in [-0.2, -0.15) is 0 Å². The van der Waals surface area contributed by atoms with E-state index in [0.717, 1.165) is 29.4 Å². The smallest absolute Gasteiger partial charge is 0.254 e. The Labute approximate surface area is 222 Å². The summed E-state index contributed by atoms with van der Waals surface area (Å²) in [5, 5.41) is 16.6. The highest BCUT2D eigenvalue weighted by Crippen LogP contribution is 2.27. The van der Waals surface area contributed by atoms with Crippen LogP contribution in [-0.2, 0) is 0 Å². The van der Waals surface area contributed by atoms with Crippen molar-refractivity contribution < 1.29 is 14.7 Å². The van der Waals surface area contributed by atoms with Crippen molar-refractivity contribution in [3.8, 4) is 11.1 Å². The van der Waals surface area contributed by atoms with Gasteiger partial charge in [-0.3, -0.25) is 14.6 Å². The van der Waals surface area contributed by atoms with Crippen molar-refractivity contribution in [3.63, 3.8) is 0 Å². The predicted molar refractivity (Wildman–Crippen MR) is 149 cm³/mol. The average Bonchev–Trinajstić information content (AvgIpc) is 2.98. The number of carbonyl (C=O) groups excluding carboxylic acids is 2. The fourth-order valence-electron chi connectivity index (χ4n) is 5.21. The number of aromatic nitrogens is 1. The van der Waals surface area contributed by atoms with Crippen LogP contribution in [0.5, 0.6) is 0 Å². The van der Waals surface area contributed by atoms with Gasteiger partial charge in [0.1, 0.15) is 0 Å². The minimum atomic E-state index is -0.202. The molecule has 1 aliphatic heterocycles. The maximum atomic E-state index is 14.0. The topological polar surface area (TPSA) is 94.6 Å². The summed E-state index contributed by atoms with van der Waals surface area (Å²) >= 11 is 0. The Hall–Kier alpha value is -4.07. The molecule has 5 rings (SSSR count). The third kappa shape index (κ3) is 5.59. The first-order valence-corrected chi connectivity index (χ1v) is 13.1. The van der Waals surface area contributed by atoms with Crippen LogP contribution in [0.2, 0.25) is 0 Å². The maximum Gasteiger partial charge on any atom is 0.254 e. The third-order valence-corrected chi connectivity index (χ3v) is 7.13. The van der Waals surface area contributed by atoms with Gasteiger partial charge in [-0.25, -0.2) is 0 Å². The van der Waals surface area contributed by atoms with E-state index in [4.69, 9.17) is 0 Å². The summed E-state index contributed by atoms with van der Waals surface area (Å²) < 4.78 is 0. The number of aliphatic hydroxyl groups excluding tert-OH is 1. The maximum absolute atomic E-state index is 14.0. The van der Waals surface area contributed by atoms with Crippen LogP contribution in [0.3, 0.4) is 0 Å². The lowest BCUT2D eigenvalue weighted by Gasteiger charge is -2.40. The van der Waals surface area contributed by atoms with Crippen molar-refractivity contribution in [1.29, 1.82) is 0 Å². The number of likely N-dealkylation sites (tertiary alicyclic amines) is 1. The van der Waals surface area contributed by atoms with Gasteiger partial charge in [0.25, 0.3) is 11.8 Å². The molecule has 7 nitrogen and oxygen atoms in total. The van der Waals surface area contributed by atoms with Gasteiger partial charge < -0.3 is 20.6 Å². The van der Waals surface area contributed by atoms with Gasteiger partial charge in [0, 0.05) is 48.9 Å². The highest BCUT2D eigenvalue weighted by Gasteiger charge is 2.33. The van der Waals surface area contributed by atoms with Gasteiger partial charge in [-0.1, -0.05) is 66.7 Å². The van der Waals surface area contributed by atoms with E-state index in [0.29, 0.717) is 36.3 Å². The molecule has 1 saturated heterocycles. The number of hydrogen-bond donors (Lipinski definition) is 3. The van der Waals surface area contributed by atoms with E-state index in [1.807, 2.05) is 83.8 Å². The molecule has 194 valence electrons. The Kier molecular flexibility index (Phi) is 8.06. The quantitative estimate of drug-likeness (QED) is 0.336. The van der Waals surface area contributed by atoms with Crippen molar-refractivity contribution in [2.45, 2.75) is 24.9 Å². The predicted octanol–water partition coefficient (Wildman–Crippen LogP) is 3.89. The number of pyridine rings is 1. The second-order valence-electron chi connectivity index (χ2n) is 9.57. The molecule has 1 unspecified atom stereocenters. The Morgan fingerprint density at radius 2 is 1.66 bits per heavy atom. The van der Waals surface area contributed by atoms with Crippen molar-refractivity contribution in [2.24, 2.45) is 0 Å². The molecule has 7 heteroatoms. The van der Waals surface area contributed by atoms with E-state index in [2.05, 4.69) is 15.6 Å². The van der Waals surface area contributed by atoms with E-state index in [1.165, 1.54) is 0 Å². The zero-order chi connectivity index (χ0) is 26.3. The first-order valence-electron chi connectivity index (χ1n) is 13.1.